The molecule has 2 aromatic rings. The number of benzene rings is 2. The van der Waals surface area contributed by atoms with E-state index in [1.54, 1.807) is 30.1 Å². The summed E-state index contributed by atoms with van der Waals surface area (Å²) in [5.74, 6) is -1.72. The number of hydrogen-bond acceptors (Lipinski definition) is 5. The molecule has 0 saturated carbocycles. The Balaban J connectivity index is 1.53. The van der Waals surface area contributed by atoms with Crippen LogP contribution in [0.25, 0.3) is 0 Å². The van der Waals surface area contributed by atoms with E-state index in [4.69, 9.17) is 14.6 Å². The van der Waals surface area contributed by atoms with Crippen LogP contribution in [0.3, 0.4) is 0 Å². The first-order valence-corrected chi connectivity index (χ1v) is 10.3. The van der Waals surface area contributed by atoms with Crippen molar-refractivity contribution in [2.45, 2.75) is 37.5 Å². The first-order chi connectivity index (χ1) is 15.3. The lowest BCUT2D eigenvalue weighted by atomic mass is 9.94. The topological polar surface area (TPSA) is 105 Å². The molecule has 2 aliphatic heterocycles. The molecule has 2 aliphatic rings. The Morgan fingerprint density at radius 3 is 2.66 bits per heavy atom. The third-order valence-corrected chi connectivity index (χ3v) is 5.78. The number of hydrogen-bond donors (Lipinski definition) is 2. The molecular formula is C23H23FN2O6. The number of anilines is 1. The summed E-state index contributed by atoms with van der Waals surface area (Å²) in [7, 11) is 1.68. The average molecular weight is 442 g/mol. The van der Waals surface area contributed by atoms with Gasteiger partial charge in [-0.2, -0.15) is 0 Å². The minimum Gasteiger partial charge on any atom is -0.490 e. The Kier molecular flexibility index (Phi) is 6.09. The van der Waals surface area contributed by atoms with Crippen LogP contribution in [0.15, 0.2) is 42.5 Å². The van der Waals surface area contributed by atoms with Gasteiger partial charge in [-0.1, -0.05) is 0 Å². The zero-order valence-electron chi connectivity index (χ0n) is 17.4. The van der Waals surface area contributed by atoms with E-state index in [1.807, 2.05) is 0 Å². The minimum absolute atomic E-state index is 0.0887. The van der Waals surface area contributed by atoms with Crippen molar-refractivity contribution < 1.29 is 33.4 Å². The van der Waals surface area contributed by atoms with E-state index >= 15 is 0 Å². The highest BCUT2D eigenvalue weighted by Gasteiger charge is 2.39. The molecule has 2 heterocycles. The van der Waals surface area contributed by atoms with E-state index in [2.05, 4.69) is 5.32 Å². The number of ether oxygens (including phenoxy) is 2. The molecule has 2 N–H and O–H groups in total. The highest BCUT2D eigenvalue weighted by molar-refractivity contribution is 6.05. The number of carboxylic acids is 1. The van der Waals surface area contributed by atoms with Gasteiger partial charge in [-0.05, 0) is 55.3 Å². The number of fused-ring (bicyclic) bond motifs is 2. The molecule has 4 rings (SSSR count). The molecule has 0 aromatic heterocycles. The monoisotopic (exact) mass is 442 g/mol. The summed E-state index contributed by atoms with van der Waals surface area (Å²) >= 11 is 0. The fourth-order valence-electron chi connectivity index (χ4n) is 4.10. The molecule has 168 valence electrons. The predicted molar refractivity (Wildman–Crippen MR) is 112 cm³/mol. The number of carbonyl (C=O) groups excluding carboxylic acids is 2. The van der Waals surface area contributed by atoms with Crippen molar-refractivity contribution >= 4 is 23.5 Å². The summed E-state index contributed by atoms with van der Waals surface area (Å²) in [6.07, 6.45) is 0.196. The van der Waals surface area contributed by atoms with E-state index in [0.717, 1.165) is 0 Å². The number of halogens is 1. The largest absolute Gasteiger partial charge is 0.490 e. The zero-order chi connectivity index (χ0) is 22.8. The SMILES string of the molecule is CN1C(=O)c2cc(NC(=O)c3ccc(F)cc3)ccc2OC[C@@H]2O[C@H](CC(=O)O)CC[C@@H]21. The summed E-state index contributed by atoms with van der Waals surface area (Å²) in [4.78, 5) is 38.2. The van der Waals surface area contributed by atoms with Crippen LogP contribution < -0.4 is 10.1 Å². The molecule has 0 aliphatic carbocycles. The smallest absolute Gasteiger partial charge is 0.305 e. The summed E-state index contributed by atoms with van der Waals surface area (Å²) in [6, 6.07) is 9.66. The van der Waals surface area contributed by atoms with Crippen LogP contribution >= 0.6 is 0 Å². The lowest BCUT2D eigenvalue weighted by Gasteiger charge is -2.42. The Hall–Kier alpha value is -3.46. The molecule has 0 spiro atoms. The zero-order valence-corrected chi connectivity index (χ0v) is 17.4. The van der Waals surface area contributed by atoms with Crippen molar-refractivity contribution in [1.29, 1.82) is 0 Å². The van der Waals surface area contributed by atoms with Crippen LogP contribution in [0.1, 0.15) is 40.0 Å². The van der Waals surface area contributed by atoms with Crippen molar-refractivity contribution in [3.8, 4) is 5.75 Å². The number of carbonyl (C=O) groups is 3. The normalized spacial score (nSPS) is 22.6. The maximum atomic E-state index is 13.2. The van der Waals surface area contributed by atoms with Crippen molar-refractivity contribution in [3.05, 3.63) is 59.4 Å². The van der Waals surface area contributed by atoms with Gasteiger partial charge in [-0.15, -0.1) is 0 Å². The summed E-state index contributed by atoms with van der Waals surface area (Å²) in [5.41, 5.74) is 0.994. The van der Waals surface area contributed by atoms with Crippen molar-refractivity contribution in [2.75, 3.05) is 19.0 Å². The van der Waals surface area contributed by atoms with E-state index in [-0.39, 0.29) is 30.5 Å². The maximum Gasteiger partial charge on any atom is 0.305 e. The molecule has 0 bridgehead atoms. The van der Waals surface area contributed by atoms with Gasteiger partial charge in [0.1, 0.15) is 24.3 Å². The van der Waals surface area contributed by atoms with Crippen LogP contribution in [-0.2, 0) is 9.53 Å². The van der Waals surface area contributed by atoms with Gasteiger partial charge >= 0.3 is 5.97 Å². The average Bonchev–Trinajstić information content (AvgIpc) is 2.76. The number of carboxylic acid groups (broad SMARTS) is 1. The third-order valence-electron chi connectivity index (χ3n) is 5.78. The minimum atomic E-state index is -0.926. The third kappa shape index (κ3) is 4.57. The van der Waals surface area contributed by atoms with Gasteiger partial charge in [0.05, 0.1) is 24.1 Å². The summed E-state index contributed by atoms with van der Waals surface area (Å²) in [5, 5.41) is 11.7. The molecule has 9 heteroatoms. The molecule has 0 unspecified atom stereocenters. The number of nitrogens with zero attached hydrogens (tertiary/aromatic N) is 1. The van der Waals surface area contributed by atoms with E-state index in [9.17, 15) is 18.8 Å². The Morgan fingerprint density at radius 2 is 1.94 bits per heavy atom. The quantitative estimate of drug-likeness (QED) is 0.754. The standard InChI is InChI=1S/C23H23FN2O6/c1-26-18-8-7-16(11-21(27)28)32-20(18)12-31-19-9-6-15(10-17(19)23(26)30)25-22(29)13-2-4-14(24)5-3-13/h2-6,9-10,16,18,20H,7-8,11-12H2,1H3,(H,25,29)(H,27,28)/t16-,18-,20-/m0/s1. The molecular weight excluding hydrogens is 419 g/mol. The number of nitrogens with one attached hydrogen (secondary N) is 1. The molecule has 1 saturated heterocycles. The van der Waals surface area contributed by atoms with Gasteiger partial charge < -0.3 is 24.8 Å². The van der Waals surface area contributed by atoms with Crippen molar-refractivity contribution in [1.82, 2.24) is 4.90 Å². The second-order valence-corrected chi connectivity index (χ2v) is 7.94. The Labute approximate surface area is 183 Å². The molecule has 0 radical (unpaired) electrons. The molecule has 2 aromatic carbocycles. The first kappa shape index (κ1) is 21.8. The van der Waals surface area contributed by atoms with E-state index in [0.29, 0.717) is 29.8 Å². The van der Waals surface area contributed by atoms with Crippen LogP contribution in [0.2, 0.25) is 0 Å². The van der Waals surface area contributed by atoms with E-state index < -0.39 is 29.9 Å². The van der Waals surface area contributed by atoms with Crippen LogP contribution in [0.4, 0.5) is 10.1 Å². The molecule has 32 heavy (non-hydrogen) atoms. The van der Waals surface area contributed by atoms with Crippen LogP contribution in [0.5, 0.6) is 5.75 Å². The number of amides is 2. The molecule has 2 amide bonds. The van der Waals surface area contributed by atoms with Crippen LogP contribution in [-0.4, -0.2) is 59.7 Å². The fourth-order valence-corrected chi connectivity index (χ4v) is 4.10. The number of rotatable bonds is 4. The first-order valence-electron chi connectivity index (χ1n) is 10.3. The molecule has 1 fully saturated rings. The predicted octanol–water partition coefficient (Wildman–Crippen LogP) is 2.93. The Bertz CT molecular complexity index is 1040. The second-order valence-electron chi connectivity index (χ2n) is 7.94. The van der Waals surface area contributed by atoms with Gasteiger partial charge in [0, 0.05) is 18.3 Å². The number of likely N-dealkylation sites (N-methyl/N-ethyl adjacent to an activating group) is 1. The van der Waals surface area contributed by atoms with Gasteiger partial charge in [-0.25, -0.2) is 4.39 Å². The lowest BCUT2D eigenvalue weighted by Crippen LogP contribution is -2.53. The highest BCUT2D eigenvalue weighted by Crippen LogP contribution is 2.32. The van der Waals surface area contributed by atoms with Gasteiger partial charge in [0.15, 0.2) is 0 Å². The van der Waals surface area contributed by atoms with Gasteiger partial charge in [0.2, 0.25) is 0 Å². The van der Waals surface area contributed by atoms with Gasteiger partial charge in [0.25, 0.3) is 11.8 Å². The van der Waals surface area contributed by atoms with E-state index in [1.165, 1.54) is 24.3 Å². The van der Waals surface area contributed by atoms with Crippen molar-refractivity contribution in [2.24, 2.45) is 0 Å². The Morgan fingerprint density at radius 1 is 1.19 bits per heavy atom. The second kappa shape index (κ2) is 8.96. The molecule has 3 atom stereocenters. The lowest BCUT2D eigenvalue weighted by molar-refractivity contribution is -0.148. The molecule has 8 nitrogen and oxygen atoms in total. The fraction of sp³-hybridized carbons (Fsp3) is 0.348. The van der Waals surface area contributed by atoms with Crippen LogP contribution in [0, 0.1) is 5.82 Å². The highest BCUT2D eigenvalue weighted by atomic mass is 19.1. The van der Waals surface area contributed by atoms with Gasteiger partial charge in [-0.3, -0.25) is 14.4 Å². The summed E-state index contributed by atoms with van der Waals surface area (Å²) in [6.45, 7) is 0.173. The van der Waals surface area contributed by atoms with Crippen molar-refractivity contribution in [3.63, 3.8) is 0 Å². The number of aliphatic carboxylic acids is 1. The summed E-state index contributed by atoms with van der Waals surface area (Å²) < 4.78 is 24.9. The maximum absolute atomic E-state index is 13.2.